The van der Waals surface area contributed by atoms with Crippen molar-refractivity contribution in [3.63, 3.8) is 0 Å². The van der Waals surface area contributed by atoms with Gasteiger partial charge >= 0.3 is 0 Å². The number of anilines is 1. The van der Waals surface area contributed by atoms with Gasteiger partial charge in [-0.25, -0.2) is 4.98 Å². The third-order valence-corrected chi connectivity index (χ3v) is 3.67. The summed E-state index contributed by atoms with van der Waals surface area (Å²) < 4.78 is 0. The second-order valence-corrected chi connectivity index (χ2v) is 5.35. The Kier molecular flexibility index (Phi) is 7.75. The van der Waals surface area contributed by atoms with Crippen LogP contribution in [0.15, 0.2) is 18.3 Å². The molecule has 0 saturated carbocycles. The topological polar surface area (TPSA) is 57.3 Å². The number of hydrogen-bond acceptors (Lipinski definition) is 4. The fourth-order valence-corrected chi connectivity index (χ4v) is 1.87. The predicted octanol–water partition coefficient (Wildman–Crippen LogP) is 2.36. The fourth-order valence-electron chi connectivity index (χ4n) is 1.87. The summed E-state index contributed by atoms with van der Waals surface area (Å²) in [6.07, 6.45) is 3.88. The molecular weight excluding hydrogens is 264 g/mol. The summed E-state index contributed by atoms with van der Waals surface area (Å²) in [5.41, 5.74) is 1.41. The first-order chi connectivity index (χ1) is 10.1. The van der Waals surface area contributed by atoms with Crippen LogP contribution in [0.25, 0.3) is 0 Å². The fraction of sp³-hybridized carbons (Fsp3) is 0.625. The first-order valence-corrected chi connectivity index (χ1v) is 7.76. The lowest BCUT2D eigenvalue weighted by molar-refractivity contribution is 0.0942. The van der Waals surface area contributed by atoms with Gasteiger partial charge in [-0.05, 0) is 38.9 Å². The van der Waals surface area contributed by atoms with E-state index in [0.29, 0.717) is 18.3 Å². The molecule has 0 aliphatic rings. The van der Waals surface area contributed by atoms with Crippen LogP contribution in [0, 0.1) is 0 Å². The van der Waals surface area contributed by atoms with Gasteiger partial charge in [0.25, 0.3) is 5.91 Å². The summed E-state index contributed by atoms with van der Waals surface area (Å²) in [6, 6.07) is 4.18. The highest BCUT2D eigenvalue weighted by molar-refractivity contribution is 5.92. The number of pyridine rings is 1. The minimum Gasteiger partial charge on any atom is -0.384 e. The molecule has 0 radical (unpaired) electrons. The smallest absolute Gasteiger partial charge is 0.269 e. The zero-order valence-electron chi connectivity index (χ0n) is 13.6. The molecule has 118 valence electrons. The molecule has 0 saturated heterocycles. The van der Waals surface area contributed by atoms with Crippen LogP contribution < -0.4 is 10.6 Å². The van der Waals surface area contributed by atoms with E-state index in [0.717, 1.165) is 31.6 Å². The number of amides is 1. The van der Waals surface area contributed by atoms with E-state index in [1.165, 1.54) is 0 Å². The van der Waals surface area contributed by atoms with Gasteiger partial charge in [-0.15, -0.1) is 0 Å². The van der Waals surface area contributed by atoms with Crippen LogP contribution >= 0.6 is 0 Å². The molecule has 1 unspecified atom stereocenters. The molecule has 0 aromatic carbocycles. The molecule has 2 N–H and O–H groups in total. The predicted molar refractivity (Wildman–Crippen MR) is 87.7 cm³/mol. The van der Waals surface area contributed by atoms with E-state index in [9.17, 15) is 4.79 Å². The molecule has 0 aliphatic carbocycles. The van der Waals surface area contributed by atoms with Crippen molar-refractivity contribution in [1.82, 2.24) is 15.2 Å². The summed E-state index contributed by atoms with van der Waals surface area (Å²) in [5, 5.41) is 6.14. The number of hydrogen-bond donors (Lipinski definition) is 2. The number of nitrogens with zero attached hydrogens (tertiary/aromatic N) is 2. The van der Waals surface area contributed by atoms with Gasteiger partial charge in [-0.3, -0.25) is 4.79 Å². The molecule has 0 spiro atoms. The molecule has 0 bridgehead atoms. The molecule has 1 aromatic heterocycles. The second-order valence-electron chi connectivity index (χ2n) is 5.35. The number of rotatable bonds is 9. The third kappa shape index (κ3) is 6.12. The summed E-state index contributed by atoms with van der Waals surface area (Å²) in [5.74, 6) is -0.116. The standard InChI is InChI=1S/C16H28N4O/c1-5-9-17-14-7-8-15(19-12-14)16(21)18-10-11-20(4)13(3)6-2/h7-8,12-13,17H,5-6,9-11H2,1-4H3,(H,18,21). The molecule has 0 fully saturated rings. The second kappa shape index (κ2) is 9.34. The van der Waals surface area contributed by atoms with Crippen molar-refractivity contribution in [2.24, 2.45) is 0 Å². The van der Waals surface area contributed by atoms with E-state index in [-0.39, 0.29) is 5.91 Å². The van der Waals surface area contributed by atoms with Crippen LogP contribution in [-0.4, -0.2) is 48.5 Å². The van der Waals surface area contributed by atoms with Crippen LogP contribution in [0.2, 0.25) is 0 Å². The van der Waals surface area contributed by atoms with E-state index < -0.39 is 0 Å². The number of nitrogens with one attached hydrogen (secondary N) is 2. The van der Waals surface area contributed by atoms with Gasteiger partial charge < -0.3 is 15.5 Å². The molecule has 5 nitrogen and oxygen atoms in total. The van der Waals surface area contributed by atoms with Gasteiger partial charge in [0.2, 0.25) is 0 Å². The van der Waals surface area contributed by atoms with E-state index in [1.54, 1.807) is 12.3 Å². The zero-order chi connectivity index (χ0) is 15.7. The molecule has 1 aromatic rings. The molecule has 1 heterocycles. The van der Waals surface area contributed by atoms with Gasteiger partial charge in [0, 0.05) is 25.7 Å². The molecular formula is C16H28N4O. The Morgan fingerprint density at radius 1 is 1.33 bits per heavy atom. The highest BCUT2D eigenvalue weighted by atomic mass is 16.1. The Bertz CT molecular complexity index is 419. The molecule has 0 aliphatic heterocycles. The van der Waals surface area contributed by atoms with Crippen molar-refractivity contribution in [2.45, 2.75) is 39.7 Å². The summed E-state index contributed by atoms with van der Waals surface area (Å²) in [7, 11) is 2.08. The average Bonchev–Trinajstić information content (AvgIpc) is 2.52. The van der Waals surface area contributed by atoms with Crippen LogP contribution in [0.4, 0.5) is 5.69 Å². The zero-order valence-corrected chi connectivity index (χ0v) is 13.6. The maximum absolute atomic E-state index is 12.0. The van der Waals surface area contributed by atoms with Crippen molar-refractivity contribution >= 4 is 11.6 Å². The van der Waals surface area contributed by atoms with E-state index >= 15 is 0 Å². The first-order valence-electron chi connectivity index (χ1n) is 7.76. The van der Waals surface area contributed by atoms with Gasteiger partial charge in [-0.2, -0.15) is 0 Å². The average molecular weight is 292 g/mol. The highest BCUT2D eigenvalue weighted by Gasteiger charge is 2.09. The summed E-state index contributed by atoms with van der Waals surface area (Å²) >= 11 is 0. The Hall–Kier alpha value is -1.62. The molecule has 1 rings (SSSR count). The third-order valence-electron chi connectivity index (χ3n) is 3.67. The van der Waals surface area contributed by atoms with Crippen molar-refractivity contribution < 1.29 is 4.79 Å². The number of aromatic nitrogens is 1. The van der Waals surface area contributed by atoms with Gasteiger partial charge in [0.15, 0.2) is 0 Å². The van der Waals surface area contributed by atoms with Crippen LogP contribution in [0.5, 0.6) is 0 Å². The lowest BCUT2D eigenvalue weighted by atomic mass is 10.2. The van der Waals surface area contributed by atoms with Gasteiger partial charge in [-0.1, -0.05) is 13.8 Å². The Balaban J connectivity index is 2.38. The molecule has 21 heavy (non-hydrogen) atoms. The summed E-state index contributed by atoms with van der Waals surface area (Å²) in [4.78, 5) is 18.4. The van der Waals surface area contributed by atoms with E-state index in [2.05, 4.69) is 48.3 Å². The first kappa shape index (κ1) is 17.4. The lowest BCUT2D eigenvalue weighted by Crippen LogP contribution is -2.37. The van der Waals surface area contributed by atoms with Crippen molar-refractivity contribution in [3.05, 3.63) is 24.0 Å². The van der Waals surface area contributed by atoms with E-state index in [4.69, 9.17) is 0 Å². The normalized spacial score (nSPS) is 12.2. The van der Waals surface area contributed by atoms with Gasteiger partial charge in [0.05, 0.1) is 11.9 Å². The molecule has 1 amide bonds. The monoisotopic (exact) mass is 292 g/mol. The lowest BCUT2D eigenvalue weighted by Gasteiger charge is -2.23. The minimum absolute atomic E-state index is 0.116. The SMILES string of the molecule is CCCNc1ccc(C(=O)NCCN(C)C(C)CC)nc1. The number of likely N-dealkylation sites (N-methyl/N-ethyl adjacent to an activating group) is 1. The Morgan fingerprint density at radius 2 is 2.10 bits per heavy atom. The number of carbonyl (C=O) groups is 1. The van der Waals surface area contributed by atoms with Crippen LogP contribution in [0.1, 0.15) is 44.1 Å². The van der Waals surface area contributed by atoms with Crippen molar-refractivity contribution in [3.8, 4) is 0 Å². The van der Waals surface area contributed by atoms with Crippen molar-refractivity contribution in [2.75, 3.05) is 32.0 Å². The molecule has 1 atom stereocenters. The highest BCUT2D eigenvalue weighted by Crippen LogP contribution is 2.06. The minimum atomic E-state index is -0.116. The largest absolute Gasteiger partial charge is 0.384 e. The molecule has 5 heteroatoms. The number of carbonyl (C=O) groups excluding carboxylic acids is 1. The van der Waals surface area contributed by atoms with Gasteiger partial charge in [0.1, 0.15) is 5.69 Å². The Morgan fingerprint density at radius 3 is 2.67 bits per heavy atom. The maximum atomic E-state index is 12.0. The quantitative estimate of drug-likeness (QED) is 0.733. The van der Waals surface area contributed by atoms with E-state index in [1.807, 2.05) is 6.07 Å². The van der Waals surface area contributed by atoms with Crippen LogP contribution in [-0.2, 0) is 0 Å². The van der Waals surface area contributed by atoms with Crippen LogP contribution in [0.3, 0.4) is 0 Å². The maximum Gasteiger partial charge on any atom is 0.269 e. The van der Waals surface area contributed by atoms with Crippen molar-refractivity contribution in [1.29, 1.82) is 0 Å². The Labute approximate surface area is 128 Å². The summed E-state index contributed by atoms with van der Waals surface area (Å²) in [6.45, 7) is 8.85.